The molecule has 32 heavy (non-hydrogen) atoms. The highest BCUT2D eigenvalue weighted by molar-refractivity contribution is 6.04. The van der Waals surface area contributed by atoms with Gasteiger partial charge in [-0.05, 0) is 96.4 Å². The SMILES string of the molecule is CCc1ccc(NC(=O)c2ccc3c(c2)[C@@H]2[C@H]4CC[C@@H](C4)[C@H]2[C@@H](c2ccccc2)N3)cc1. The van der Waals surface area contributed by atoms with Crippen molar-refractivity contribution in [3.05, 3.63) is 95.1 Å². The summed E-state index contributed by atoms with van der Waals surface area (Å²) in [5.74, 6) is 2.67. The molecule has 3 aromatic carbocycles. The summed E-state index contributed by atoms with van der Waals surface area (Å²) in [6, 6.07) is 25.7. The minimum Gasteiger partial charge on any atom is -0.378 e. The van der Waals surface area contributed by atoms with E-state index >= 15 is 0 Å². The van der Waals surface area contributed by atoms with Crippen molar-refractivity contribution in [2.45, 2.75) is 44.6 Å². The first-order chi connectivity index (χ1) is 15.7. The van der Waals surface area contributed by atoms with Gasteiger partial charge in [-0.3, -0.25) is 4.79 Å². The molecule has 2 N–H and O–H groups in total. The van der Waals surface area contributed by atoms with E-state index in [2.05, 4.69) is 72.2 Å². The predicted octanol–water partition coefficient (Wildman–Crippen LogP) is 6.80. The lowest BCUT2D eigenvalue weighted by Gasteiger charge is -2.43. The van der Waals surface area contributed by atoms with Crippen LogP contribution in [0.3, 0.4) is 0 Å². The van der Waals surface area contributed by atoms with Gasteiger partial charge in [-0.1, -0.05) is 49.4 Å². The summed E-state index contributed by atoms with van der Waals surface area (Å²) in [6.45, 7) is 2.14. The third-order valence-corrected chi connectivity index (χ3v) is 8.13. The fourth-order valence-corrected chi connectivity index (χ4v) is 6.64. The van der Waals surface area contributed by atoms with Crippen LogP contribution in [0, 0.1) is 17.8 Å². The van der Waals surface area contributed by atoms with Gasteiger partial charge in [0.25, 0.3) is 5.91 Å². The van der Waals surface area contributed by atoms with Gasteiger partial charge in [-0.15, -0.1) is 0 Å². The normalized spacial score (nSPS) is 27.3. The molecule has 1 heterocycles. The fourth-order valence-electron chi connectivity index (χ4n) is 6.64. The predicted molar refractivity (Wildman–Crippen MR) is 130 cm³/mol. The van der Waals surface area contributed by atoms with Crippen molar-refractivity contribution >= 4 is 17.3 Å². The Labute approximate surface area is 190 Å². The van der Waals surface area contributed by atoms with Gasteiger partial charge in [0.05, 0.1) is 6.04 Å². The molecule has 1 amide bonds. The average molecular weight is 423 g/mol. The lowest BCUT2D eigenvalue weighted by molar-refractivity contribution is 0.102. The van der Waals surface area contributed by atoms with Crippen molar-refractivity contribution < 1.29 is 4.79 Å². The van der Waals surface area contributed by atoms with Crippen LogP contribution in [0.25, 0.3) is 0 Å². The molecule has 3 aromatic rings. The maximum Gasteiger partial charge on any atom is 0.255 e. The largest absolute Gasteiger partial charge is 0.378 e. The van der Waals surface area contributed by atoms with Crippen molar-refractivity contribution in [1.29, 1.82) is 0 Å². The summed E-state index contributed by atoms with van der Waals surface area (Å²) in [6.07, 6.45) is 5.01. The van der Waals surface area contributed by atoms with Crippen LogP contribution in [0.5, 0.6) is 0 Å². The van der Waals surface area contributed by atoms with Gasteiger partial charge in [0.2, 0.25) is 0 Å². The second kappa shape index (κ2) is 7.81. The van der Waals surface area contributed by atoms with Crippen molar-refractivity contribution in [3.63, 3.8) is 0 Å². The molecule has 3 heteroatoms. The first-order valence-electron chi connectivity index (χ1n) is 12.1. The van der Waals surface area contributed by atoms with Gasteiger partial charge in [-0.2, -0.15) is 0 Å². The average Bonchev–Trinajstić information content (AvgIpc) is 3.47. The second-order valence-electron chi connectivity index (χ2n) is 9.78. The van der Waals surface area contributed by atoms with Gasteiger partial charge in [0, 0.05) is 16.9 Å². The number of carbonyl (C=O) groups excluding carboxylic acids is 1. The molecule has 0 radical (unpaired) electrons. The number of amides is 1. The van der Waals surface area contributed by atoms with Gasteiger partial charge < -0.3 is 10.6 Å². The summed E-state index contributed by atoms with van der Waals surface area (Å²) in [5.41, 5.74) is 6.82. The van der Waals surface area contributed by atoms with Crippen LogP contribution in [0.1, 0.15) is 65.2 Å². The summed E-state index contributed by atoms with van der Waals surface area (Å²) in [7, 11) is 0. The number of carbonyl (C=O) groups is 1. The van der Waals surface area contributed by atoms with Crippen molar-refractivity contribution in [2.24, 2.45) is 17.8 Å². The lowest BCUT2D eigenvalue weighted by Crippen LogP contribution is -2.35. The Balaban J connectivity index is 1.32. The summed E-state index contributed by atoms with van der Waals surface area (Å²) in [4.78, 5) is 13.1. The smallest absolute Gasteiger partial charge is 0.255 e. The topological polar surface area (TPSA) is 41.1 Å². The molecule has 0 saturated heterocycles. The fraction of sp³-hybridized carbons (Fsp3) is 0.345. The van der Waals surface area contributed by atoms with Crippen LogP contribution in [0.4, 0.5) is 11.4 Å². The number of anilines is 2. The van der Waals surface area contributed by atoms with E-state index in [1.165, 1.54) is 41.6 Å². The minimum absolute atomic E-state index is 0.0260. The maximum absolute atomic E-state index is 13.1. The van der Waals surface area contributed by atoms with E-state index in [9.17, 15) is 4.79 Å². The Kier molecular flexibility index (Phi) is 4.78. The van der Waals surface area contributed by atoms with E-state index in [1.807, 2.05) is 18.2 Å². The molecule has 2 saturated carbocycles. The van der Waals surface area contributed by atoms with E-state index in [-0.39, 0.29) is 5.91 Å². The number of rotatable bonds is 4. The first-order valence-corrected chi connectivity index (χ1v) is 12.1. The highest BCUT2D eigenvalue weighted by Gasteiger charge is 2.53. The van der Waals surface area contributed by atoms with Crippen LogP contribution < -0.4 is 10.6 Å². The highest BCUT2D eigenvalue weighted by atomic mass is 16.1. The molecule has 2 bridgehead atoms. The summed E-state index contributed by atoms with van der Waals surface area (Å²) < 4.78 is 0. The molecule has 5 atom stereocenters. The summed E-state index contributed by atoms with van der Waals surface area (Å²) >= 11 is 0. The molecule has 3 aliphatic rings. The number of aryl methyl sites for hydroxylation is 1. The Morgan fingerprint density at radius 1 is 0.969 bits per heavy atom. The van der Waals surface area contributed by atoms with Gasteiger partial charge in [0.15, 0.2) is 0 Å². The lowest BCUT2D eigenvalue weighted by atomic mass is 9.68. The molecule has 162 valence electrons. The van der Waals surface area contributed by atoms with Crippen molar-refractivity contribution in [1.82, 2.24) is 0 Å². The molecular weight excluding hydrogens is 392 g/mol. The molecule has 3 nitrogen and oxygen atoms in total. The Morgan fingerprint density at radius 3 is 2.53 bits per heavy atom. The van der Waals surface area contributed by atoms with Crippen molar-refractivity contribution in [2.75, 3.05) is 10.6 Å². The molecule has 2 aliphatic carbocycles. The van der Waals surface area contributed by atoms with Gasteiger partial charge in [0.1, 0.15) is 0 Å². The van der Waals surface area contributed by atoms with Gasteiger partial charge in [-0.25, -0.2) is 0 Å². The molecule has 0 unspecified atom stereocenters. The number of fused-ring (bicyclic) bond motifs is 7. The van der Waals surface area contributed by atoms with E-state index in [0.29, 0.717) is 17.9 Å². The van der Waals surface area contributed by atoms with Crippen LogP contribution in [0.15, 0.2) is 72.8 Å². The van der Waals surface area contributed by atoms with E-state index in [1.54, 1.807) is 0 Å². The minimum atomic E-state index is -0.0260. The van der Waals surface area contributed by atoms with Crippen molar-refractivity contribution in [3.8, 4) is 0 Å². The number of benzene rings is 3. The van der Waals surface area contributed by atoms with Gasteiger partial charge >= 0.3 is 0 Å². The molecular formula is C29H30N2O. The zero-order valence-electron chi connectivity index (χ0n) is 18.6. The van der Waals surface area contributed by atoms with E-state index in [4.69, 9.17) is 0 Å². The quantitative estimate of drug-likeness (QED) is 0.485. The molecule has 6 rings (SSSR count). The maximum atomic E-state index is 13.1. The monoisotopic (exact) mass is 422 g/mol. The number of hydrogen-bond donors (Lipinski definition) is 2. The highest BCUT2D eigenvalue weighted by Crippen LogP contribution is 2.63. The first kappa shape index (κ1) is 19.6. The Hall–Kier alpha value is -3.07. The van der Waals surface area contributed by atoms with Crippen LogP contribution in [-0.4, -0.2) is 5.91 Å². The summed E-state index contributed by atoms with van der Waals surface area (Å²) in [5, 5.41) is 6.95. The number of nitrogens with one attached hydrogen (secondary N) is 2. The van der Waals surface area contributed by atoms with Crippen LogP contribution in [-0.2, 0) is 6.42 Å². The zero-order valence-corrected chi connectivity index (χ0v) is 18.6. The third-order valence-electron chi connectivity index (χ3n) is 8.13. The Bertz CT molecular complexity index is 1140. The van der Waals surface area contributed by atoms with E-state index < -0.39 is 0 Å². The number of hydrogen-bond acceptors (Lipinski definition) is 2. The third kappa shape index (κ3) is 3.23. The van der Waals surface area contributed by atoms with E-state index in [0.717, 1.165) is 29.5 Å². The van der Waals surface area contributed by atoms with Crippen LogP contribution >= 0.6 is 0 Å². The molecule has 0 spiro atoms. The zero-order chi connectivity index (χ0) is 21.7. The molecule has 0 aromatic heterocycles. The van der Waals surface area contributed by atoms with Crippen LogP contribution in [0.2, 0.25) is 0 Å². The molecule has 1 aliphatic heterocycles. The molecule has 2 fully saturated rings. The Morgan fingerprint density at radius 2 is 1.75 bits per heavy atom. The standard InChI is InChI=1S/C29H30N2O/c1-2-18-8-13-23(14-9-18)30-29(32)22-12-15-25-24(17-22)26-20-10-11-21(16-20)27(26)28(31-25)19-6-4-3-5-7-19/h3-9,12-15,17,20-21,26-28,31H,2,10-11,16H2,1H3,(H,30,32)/t20-,21-,26-,27+,28+/m0/s1. The second-order valence-corrected chi connectivity index (χ2v) is 9.78.